The van der Waals surface area contributed by atoms with Gasteiger partial charge in [0.25, 0.3) is 0 Å². The summed E-state index contributed by atoms with van der Waals surface area (Å²) in [6.07, 6.45) is 2.60. The highest BCUT2D eigenvalue weighted by molar-refractivity contribution is 14.0. The third kappa shape index (κ3) is 12.0. The Morgan fingerprint density at radius 2 is 2.00 bits per heavy atom. The molecule has 9 heteroatoms. The third-order valence-electron chi connectivity index (χ3n) is 3.07. The molecule has 0 bridgehead atoms. The molecule has 25 heavy (non-hydrogen) atoms. The van der Waals surface area contributed by atoms with Gasteiger partial charge in [0.05, 0.1) is 12.4 Å². The van der Waals surface area contributed by atoms with Crippen molar-refractivity contribution in [3.8, 4) is 5.75 Å². The second kappa shape index (κ2) is 13.2. The first-order chi connectivity index (χ1) is 11.4. The van der Waals surface area contributed by atoms with Crippen molar-refractivity contribution in [2.24, 2.45) is 4.99 Å². The maximum atomic E-state index is 11.1. The number of guanidine groups is 1. The van der Waals surface area contributed by atoms with Crippen LogP contribution in [-0.2, 0) is 14.6 Å². The molecule has 1 rings (SSSR count). The third-order valence-corrected chi connectivity index (χ3v) is 4.10. The summed E-state index contributed by atoms with van der Waals surface area (Å²) in [4.78, 5) is 4.12. The van der Waals surface area contributed by atoms with Crippen molar-refractivity contribution in [1.82, 2.24) is 5.32 Å². The van der Waals surface area contributed by atoms with Gasteiger partial charge in [0.15, 0.2) is 5.96 Å². The highest BCUT2D eigenvalue weighted by Gasteiger charge is 2.04. The standard InChI is InChI=1S/C16H27N3O4S.HI/c1-17-16(18-9-5-12-24(3,20)21)19-14-7-4-8-15(13-14)23-11-6-10-22-2;/h4,7-8,13H,5-6,9-12H2,1-3H3,(H2,17,18,19);1H. The van der Waals surface area contributed by atoms with Crippen molar-refractivity contribution in [2.45, 2.75) is 12.8 Å². The molecule has 7 nitrogen and oxygen atoms in total. The van der Waals surface area contributed by atoms with E-state index < -0.39 is 9.84 Å². The smallest absolute Gasteiger partial charge is 0.195 e. The van der Waals surface area contributed by atoms with Gasteiger partial charge in [0.1, 0.15) is 15.6 Å². The summed E-state index contributed by atoms with van der Waals surface area (Å²) in [5, 5.41) is 6.24. The molecule has 0 spiro atoms. The van der Waals surface area contributed by atoms with E-state index in [9.17, 15) is 8.42 Å². The van der Waals surface area contributed by atoms with Crippen molar-refractivity contribution < 1.29 is 17.9 Å². The van der Waals surface area contributed by atoms with E-state index in [1.54, 1.807) is 14.2 Å². The number of ether oxygens (including phenoxy) is 2. The van der Waals surface area contributed by atoms with Crippen LogP contribution in [0, 0.1) is 0 Å². The highest BCUT2D eigenvalue weighted by Crippen LogP contribution is 2.17. The van der Waals surface area contributed by atoms with Gasteiger partial charge < -0.3 is 20.1 Å². The Hall–Kier alpha value is -1.07. The van der Waals surface area contributed by atoms with Gasteiger partial charge in [-0.15, -0.1) is 24.0 Å². The summed E-state index contributed by atoms with van der Waals surface area (Å²) in [7, 11) is 0.397. The monoisotopic (exact) mass is 485 g/mol. The van der Waals surface area contributed by atoms with Gasteiger partial charge in [-0.3, -0.25) is 4.99 Å². The van der Waals surface area contributed by atoms with Crippen molar-refractivity contribution in [2.75, 3.05) is 51.2 Å². The summed E-state index contributed by atoms with van der Waals surface area (Å²) in [6, 6.07) is 7.58. The number of methoxy groups -OCH3 is 1. The number of anilines is 1. The molecule has 0 saturated heterocycles. The number of hydrogen-bond donors (Lipinski definition) is 2. The lowest BCUT2D eigenvalue weighted by Gasteiger charge is -2.13. The van der Waals surface area contributed by atoms with E-state index >= 15 is 0 Å². The molecule has 0 amide bonds. The van der Waals surface area contributed by atoms with E-state index in [0.29, 0.717) is 32.1 Å². The average Bonchev–Trinajstić information content (AvgIpc) is 2.54. The van der Waals surface area contributed by atoms with Crippen molar-refractivity contribution in [1.29, 1.82) is 0 Å². The highest BCUT2D eigenvalue weighted by atomic mass is 127. The molecule has 0 aliphatic carbocycles. The second-order valence-electron chi connectivity index (χ2n) is 5.33. The zero-order valence-corrected chi connectivity index (χ0v) is 18.1. The summed E-state index contributed by atoms with van der Waals surface area (Å²) in [5.41, 5.74) is 0.843. The molecule has 0 aliphatic heterocycles. The van der Waals surface area contributed by atoms with Gasteiger partial charge in [-0.05, 0) is 18.6 Å². The SMILES string of the molecule is CN=C(NCCCS(C)(=O)=O)Nc1cccc(OCCCOC)c1.I. The summed E-state index contributed by atoms with van der Waals surface area (Å²) >= 11 is 0. The van der Waals surface area contributed by atoms with Gasteiger partial charge in [0.2, 0.25) is 0 Å². The lowest BCUT2D eigenvalue weighted by molar-refractivity contribution is 0.172. The molecule has 0 saturated carbocycles. The number of nitrogens with zero attached hydrogens (tertiary/aromatic N) is 1. The quantitative estimate of drug-likeness (QED) is 0.229. The van der Waals surface area contributed by atoms with Crippen LogP contribution in [0.25, 0.3) is 0 Å². The fourth-order valence-corrected chi connectivity index (χ4v) is 2.58. The van der Waals surface area contributed by atoms with E-state index in [0.717, 1.165) is 17.9 Å². The zero-order chi connectivity index (χ0) is 17.8. The van der Waals surface area contributed by atoms with Gasteiger partial charge in [0, 0.05) is 51.7 Å². The molecule has 2 N–H and O–H groups in total. The molecule has 0 aromatic heterocycles. The molecular weight excluding hydrogens is 457 g/mol. The van der Waals surface area contributed by atoms with Crippen LogP contribution >= 0.6 is 24.0 Å². The van der Waals surface area contributed by atoms with Gasteiger partial charge in [-0.25, -0.2) is 8.42 Å². The van der Waals surface area contributed by atoms with Crippen LogP contribution in [0.3, 0.4) is 0 Å². The van der Waals surface area contributed by atoms with Crippen LogP contribution in [-0.4, -0.2) is 60.3 Å². The fraction of sp³-hybridized carbons (Fsp3) is 0.562. The Balaban J connectivity index is 0.00000576. The molecule has 0 fully saturated rings. The number of aliphatic imine (C=N–C) groups is 1. The van der Waals surface area contributed by atoms with Crippen molar-refractivity contribution in [3.05, 3.63) is 24.3 Å². The number of benzene rings is 1. The lowest BCUT2D eigenvalue weighted by Crippen LogP contribution is -2.32. The molecule has 0 atom stereocenters. The first-order valence-electron chi connectivity index (χ1n) is 7.82. The minimum Gasteiger partial charge on any atom is -0.493 e. The van der Waals surface area contributed by atoms with E-state index in [4.69, 9.17) is 9.47 Å². The first-order valence-corrected chi connectivity index (χ1v) is 9.88. The summed E-state index contributed by atoms with van der Waals surface area (Å²) in [6.45, 7) is 1.79. The van der Waals surface area contributed by atoms with Gasteiger partial charge in [-0.1, -0.05) is 6.07 Å². The van der Waals surface area contributed by atoms with E-state index in [-0.39, 0.29) is 29.7 Å². The molecule has 0 unspecified atom stereocenters. The Morgan fingerprint density at radius 1 is 1.24 bits per heavy atom. The lowest BCUT2D eigenvalue weighted by atomic mass is 10.3. The molecule has 0 aliphatic rings. The Labute approximate surface area is 167 Å². The number of halogens is 1. The van der Waals surface area contributed by atoms with Crippen molar-refractivity contribution >= 4 is 45.5 Å². The van der Waals surface area contributed by atoms with E-state index in [1.807, 2.05) is 24.3 Å². The predicted octanol–water partition coefficient (Wildman–Crippen LogP) is 2.14. The van der Waals surface area contributed by atoms with Crippen LogP contribution in [0.1, 0.15) is 12.8 Å². The Kier molecular flexibility index (Phi) is 12.6. The molecule has 0 heterocycles. The van der Waals surface area contributed by atoms with Crippen LogP contribution in [0.4, 0.5) is 5.69 Å². The van der Waals surface area contributed by atoms with Crippen molar-refractivity contribution in [3.63, 3.8) is 0 Å². The molecular formula is C16H28IN3O4S. The topological polar surface area (TPSA) is 89.0 Å². The van der Waals surface area contributed by atoms with Crippen LogP contribution in [0.2, 0.25) is 0 Å². The molecule has 0 radical (unpaired) electrons. The van der Waals surface area contributed by atoms with Gasteiger partial charge >= 0.3 is 0 Å². The van der Waals surface area contributed by atoms with Gasteiger partial charge in [-0.2, -0.15) is 0 Å². The average molecular weight is 485 g/mol. The first kappa shape index (κ1) is 23.9. The summed E-state index contributed by atoms with van der Waals surface area (Å²) < 4.78 is 32.8. The maximum Gasteiger partial charge on any atom is 0.195 e. The molecule has 144 valence electrons. The maximum absolute atomic E-state index is 11.1. The minimum absolute atomic E-state index is 0. The largest absolute Gasteiger partial charge is 0.493 e. The van der Waals surface area contributed by atoms with Crippen LogP contribution in [0.5, 0.6) is 5.75 Å². The fourth-order valence-electron chi connectivity index (χ4n) is 1.91. The molecule has 1 aromatic carbocycles. The van der Waals surface area contributed by atoms with E-state index in [2.05, 4.69) is 15.6 Å². The Bertz CT molecular complexity index is 624. The van der Waals surface area contributed by atoms with E-state index in [1.165, 1.54) is 6.26 Å². The number of sulfone groups is 1. The predicted molar refractivity (Wildman–Crippen MR) is 113 cm³/mol. The van der Waals surface area contributed by atoms with Crippen LogP contribution < -0.4 is 15.4 Å². The number of rotatable bonds is 10. The minimum atomic E-state index is -2.93. The summed E-state index contributed by atoms with van der Waals surface area (Å²) in [5.74, 6) is 1.51. The number of nitrogens with one attached hydrogen (secondary N) is 2. The molecule has 1 aromatic rings. The van der Waals surface area contributed by atoms with Crippen LogP contribution in [0.15, 0.2) is 29.3 Å². The normalized spacial score (nSPS) is 11.6. The zero-order valence-electron chi connectivity index (χ0n) is 14.9. The Morgan fingerprint density at radius 3 is 2.64 bits per heavy atom. The second-order valence-corrected chi connectivity index (χ2v) is 7.59. The number of hydrogen-bond acceptors (Lipinski definition) is 5.